The van der Waals surface area contributed by atoms with Crippen molar-refractivity contribution in [2.45, 2.75) is 6.42 Å². The van der Waals surface area contributed by atoms with Crippen LogP contribution in [0.2, 0.25) is 0 Å². The van der Waals surface area contributed by atoms with Crippen LogP contribution in [0, 0.1) is 11.3 Å². The van der Waals surface area contributed by atoms with Gasteiger partial charge in [0.2, 0.25) is 0 Å². The molecule has 0 aromatic heterocycles. The first kappa shape index (κ1) is 13.2. The largest absolute Gasteiger partial charge is 0.294 e. The molecule has 0 fully saturated rings. The van der Waals surface area contributed by atoms with E-state index in [0.29, 0.717) is 37.2 Å². The second kappa shape index (κ2) is 5.63. The molecular formula is C14H15N3O2. The Morgan fingerprint density at radius 1 is 1.21 bits per heavy atom. The van der Waals surface area contributed by atoms with Crippen LogP contribution in [0.3, 0.4) is 0 Å². The summed E-state index contributed by atoms with van der Waals surface area (Å²) in [6.45, 7) is 1.42. The number of imide groups is 1. The minimum atomic E-state index is -0.219. The van der Waals surface area contributed by atoms with Crippen LogP contribution >= 0.6 is 0 Å². The number of amides is 2. The first-order valence-corrected chi connectivity index (χ1v) is 6.16. The van der Waals surface area contributed by atoms with Crippen LogP contribution in [-0.4, -0.2) is 48.3 Å². The molecule has 0 atom stereocenters. The van der Waals surface area contributed by atoms with E-state index in [2.05, 4.69) is 6.07 Å². The quantitative estimate of drug-likeness (QED) is 0.586. The summed E-state index contributed by atoms with van der Waals surface area (Å²) in [6.07, 6.45) is 0.670. The number of fused-ring (bicyclic) bond motifs is 1. The van der Waals surface area contributed by atoms with Crippen molar-refractivity contribution in [2.75, 3.05) is 26.7 Å². The van der Waals surface area contributed by atoms with Crippen molar-refractivity contribution in [1.82, 2.24) is 9.80 Å². The van der Waals surface area contributed by atoms with Gasteiger partial charge in [0.15, 0.2) is 0 Å². The molecule has 2 amide bonds. The Morgan fingerprint density at radius 2 is 1.79 bits per heavy atom. The summed E-state index contributed by atoms with van der Waals surface area (Å²) in [5, 5.41) is 8.54. The van der Waals surface area contributed by atoms with Gasteiger partial charge in [0.25, 0.3) is 11.8 Å². The van der Waals surface area contributed by atoms with Gasteiger partial charge >= 0.3 is 0 Å². The summed E-state index contributed by atoms with van der Waals surface area (Å²) >= 11 is 0. The molecule has 5 nitrogen and oxygen atoms in total. The van der Waals surface area contributed by atoms with Crippen LogP contribution in [0.4, 0.5) is 0 Å². The first-order chi connectivity index (χ1) is 9.15. The van der Waals surface area contributed by atoms with Crippen LogP contribution in [0.15, 0.2) is 24.3 Å². The topological polar surface area (TPSA) is 64.4 Å². The van der Waals surface area contributed by atoms with Crippen LogP contribution in [0.1, 0.15) is 27.1 Å². The van der Waals surface area contributed by atoms with E-state index in [0.717, 1.165) is 0 Å². The molecule has 1 aromatic carbocycles. The normalized spacial score (nSPS) is 13.8. The molecule has 1 aliphatic heterocycles. The molecule has 0 radical (unpaired) electrons. The lowest BCUT2D eigenvalue weighted by Crippen LogP contribution is -2.33. The molecule has 1 aliphatic rings. The fraction of sp³-hybridized carbons (Fsp3) is 0.357. The summed E-state index contributed by atoms with van der Waals surface area (Å²) in [5.74, 6) is -0.438. The first-order valence-electron chi connectivity index (χ1n) is 6.16. The summed E-state index contributed by atoms with van der Waals surface area (Å²) in [6, 6.07) is 8.93. The number of nitrogens with zero attached hydrogens (tertiary/aromatic N) is 3. The smallest absolute Gasteiger partial charge is 0.261 e. The van der Waals surface area contributed by atoms with Crippen molar-refractivity contribution < 1.29 is 9.59 Å². The molecule has 19 heavy (non-hydrogen) atoms. The molecule has 0 bridgehead atoms. The van der Waals surface area contributed by atoms with Crippen molar-refractivity contribution >= 4 is 11.8 Å². The fourth-order valence-corrected chi connectivity index (χ4v) is 2.14. The fourth-order valence-electron chi connectivity index (χ4n) is 2.14. The van der Waals surface area contributed by atoms with E-state index < -0.39 is 0 Å². The highest BCUT2D eigenvalue weighted by molar-refractivity contribution is 6.21. The lowest BCUT2D eigenvalue weighted by atomic mass is 10.1. The van der Waals surface area contributed by atoms with Gasteiger partial charge in [-0.25, -0.2) is 0 Å². The van der Waals surface area contributed by atoms with E-state index in [1.165, 1.54) is 4.90 Å². The third-order valence-electron chi connectivity index (χ3n) is 3.14. The SMILES string of the molecule is CN(CC#N)CCCN1C(=O)c2ccccc2C1=O. The van der Waals surface area contributed by atoms with E-state index in [1.807, 2.05) is 11.9 Å². The van der Waals surface area contributed by atoms with Gasteiger partial charge in [-0.05, 0) is 25.6 Å². The van der Waals surface area contributed by atoms with Crippen LogP contribution in [0.5, 0.6) is 0 Å². The number of carbonyl (C=O) groups excluding carboxylic acids is 2. The lowest BCUT2D eigenvalue weighted by Gasteiger charge is -2.16. The van der Waals surface area contributed by atoms with E-state index in [-0.39, 0.29) is 11.8 Å². The molecule has 0 N–H and O–H groups in total. The Kier molecular flexibility index (Phi) is 3.93. The number of nitriles is 1. The van der Waals surface area contributed by atoms with E-state index in [1.54, 1.807) is 24.3 Å². The van der Waals surface area contributed by atoms with Gasteiger partial charge < -0.3 is 0 Å². The Labute approximate surface area is 112 Å². The van der Waals surface area contributed by atoms with Gasteiger partial charge in [-0.1, -0.05) is 12.1 Å². The number of benzene rings is 1. The minimum absolute atomic E-state index is 0.219. The average Bonchev–Trinajstić information content (AvgIpc) is 2.65. The Morgan fingerprint density at radius 3 is 2.32 bits per heavy atom. The number of hydrogen-bond donors (Lipinski definition) is 0. The molecule has 0 spiro atoms. The van der Waals surface area contributed by atoms with Crippen molar-refractivity contribution in [2.24, 2.45) is 0 Å². The maximum Gasteiger partial charge on any atom is 0.261 e. The highest BCUT2D eigenvalue weighted by Gasteiger charge is 2.34. The highest BCUT2D eigenvalue weighted by atomic mass is 16.2. The van der Waals surface area contributed by atoms with E-state index in [9.17, 15) is 9.59 Å². The summed E-state index contributed by atoms with van der Waals surface area (Å²) in [5.41, 5.74) is 0.968. The molecular weight excluding hydrogens is 242 g/mol. The molecule has 2 rings (SSSR count). The zero-order valence-electron chi connectivity index (χ0n) is 10.8. The Bertz CT molecular complexity index is 513. The monoisotopic (exact) mass is 257 g/mol. The van der Waals surface area contributed by atoms with E-state index in [4.69, 9.17) is 5.26 Å². The number of carbonyl (C=O) groups is 2. The molecule has 5 heteroatoms. The van der Waals surface area contributed by atoms with Crippen molar-refractivity contribution in [3.05, 3.63) is 35.4 Å². The third kappa shape index (κ3) is 2.64. The number of hydrogen-bond acceptors (Lipinski definition) is 4. The third-order valence-corrected chi connectivity index (χ3v) is 3.14. The molecule has 0 unspecified atom stereocenters. The molecule has 98 valence electrons. The lowest BCUT2D eigenvalue weighted by molar-refractivity contribution is 0.0649. The Balaban J connectivity index is 1.96. The zero-order chi connectivity index (χ0) is 13.8. The molecule has 0 saturated carbocycles. The second-order valence-corrected chi connectivity index (χ2v) is 4.56. The number of rotatable bonds is 5. The predicted molar refractivity (Wildman–Crippen MR) is 69.5 cm³/mol. The second-order valence-electron chi connectivity index (χ2n) is 4.56. The average molecular weight is 257 g/mol. The van der Waals surface area contributed by atoms with Gasteiger partial charge in [-0.2, -0.15) is 5.26 Å². The zero-order valence-corrected chi connectivity index (χ0v) is 10.8. The van der Waals surface area contributed by atoms with Gasteiger partial charge in [0.1, 0.15) is 0 Å². The maximum absolute atomic E-state index is 12.0. The van der Waals surface area contributed by atoms with Gasteiger partial charge in [0.05, 0.1) is 23.7 Å². The molecule has 1 aromatic rings. The summed E-state index contributed by atoms with van der Waals surface area (Å²) in [7, 11) is 1.84. The standard InChI is InChI=1S/C14H15N3O2/c1-16(10-7-15)8-4-9-17-13(18)11-5-2-3-6-12(11)14(17)19/h2-3,5-6H,4,8-10H2,1H3. The van der Waals surface area contributed by atoms with Crippen LogP contribution in [-0.2, 0) is 0 Å². The molecule has 0 aliphatic carbocycles. The van der Waals surface area contributed by atoms with E-state index >= 15 is 0 Å². The Hall–Kier alpha value is -2.19. The van der Waals surface area contributed by atoms with Crippen molar-refractivity contribution in [3.63, 3.8) is 0 Å². The summed E-state index contributed by atoms with van der Waals surface area (Å²) < 4.78 is 0. The van der Waals surface area contributed by atoms with Crippen LogP contribution in [0.25, 0.3) is 0 Å². The molecule has 0 saturated heterocycles. The van der Waals surface area contributed by atoms with Crippen molar-refractivity contribution in [1.29, 1.82) is 5.26 Å². The van der Waals surface area contributed by atoms with Gasteiger partial charge in [-0.15, -0.1) is 0 Å². The van der Waals surface area contributed by atoms with Gasteiger partial charge in [-0.3, -0.25) is 19.4 Å². The summed E-state index contributed by atoms with van der Waals surface area (Å²) in [4.78, 5) is 27.2. The minimum Gasteiger partial charge on any atom is -0.294 e. The maximum atomic E-state index is 12.0. The van der Waals surface area contributed by atoms with Crippen molar-refractivity contribution in [3.8, 4) is 6.07 Å². The van der Waals surface area contributed by atoms with Gasteiger partial charge in [0, 0.05) is 13.1 Å². The molecule has 1 heterocycles. The van der Waals surface area contributed by atoms with Crippen LogP contribution < -0.4 is 0 Å². The predicted octanol–water partition coefficient (Wildman–Crippen LogP) is 1.13. The highest BCUT2D eigenvalue weighted by Crippen LogP contribution is 2.22.